The summed E-state index contributed by atoms with van der Waals surface area (Å²) < 4.78 is 0. The smallest absolute Gasteiger partial charge is 0.226 e. The number of nitrogens with zero attached hydrogens (tertiary/aromatic N) is 3. The van der Waals surface area contributed by atoms with Crippen LogP contribution in [0.5, 0.6) is 0 Å². The number of aromatic nitrogens is 3. The van der Waals surface area contributed by atoms with Crippen molar-refractivity contribution >= 4 is 33.3 Å². The first-order valence-electron chi connectivity index (χ1n) is 6.91. The van der Waals surface area contributed by atoms with Gasteiger partial charge >= 0.3 is 0 Å². The summed E-state index contributed by atoms with van der Waals surface area (Å²) in [5.41, 5.74) is 1.13. The van der Waals surface area contributed by atoms with Crippen molar-refractivity contribution in [3.05, 3.63) is 41.0 Å². The number of nitrogens with one attached hydrogen (secondary N) is 2. The van der Waals surface area contributed by atoms with Gasteiger partial charge in [0.25, 0.3) is 0 Å². The Labute approximate surface area is 127 Å². The van der Waals surface area contributed by atoms with Crippen molar-refractivity contribution in [3.8, 4) is 0 Å². The fraction of sp³-hybridized carbons (Fsp3) is 0.267. The van der Waals surface area contributed by atoms with E-state index < -0.39 is 0 Å². The third kappa shape index (κ3) is 3.11. The summed E-state index contributed by atoms with van der Waals surface area (Å²) in [6.07, 6.45) is 3.63. The second-order valence-corrected chi connectivity index (χ2v) is 5.95. The first kappa shape index (κ1) is 13.8. The van der Waals surface area contributed by atoms with Gasteiger partial charge in [-0.25, -0.2) is 4.98 Å². The molecule has 0 bridgehead atoms. The van der Waals surface area contributed by atoms with E-state index in [1.165, 1.54) is 4.88 Å². The third-order valence-corrected chi connectivity index (χ3v) is 3.98. The highest BCUT2D eigenvalue weighted by Crippen LogP contribution is 2.29. The van der Waals surface area contributed by atoms with Crippen LogP contribution in [0.4, 0.5) is 11.8 Å². The number of thiophene rings is 1. The summed E-state index contributed by atoms with van der Waals surface area (Å²) in [7, 11) is 0. The fourth-order valence-corrected chi connectivity index (χ4v) is 2.98. The monoisotopic (exact) mass is 299 g/mol. The molecule has 5 nitrogen and oxygen atoms in total. The predicted molar refractivity (Wildman–Crippen MR) is 87.9 cm³/mol. The molecule has 3 rings (SSSR count). The molecule has 6 heteroatoms. The van der Waals surface area contributed by atoms with Crippen molar-refractivity contribution in [2.45, 2.75) is 20.4 Å². The quantitative estimate of drug-likeness (QED) is 0.755. The number of hydrogen-bond acceptors (Lipinski definition) is 6. The summed E-state index contributed by atoms with van der Waals surface area (Å²) in [4.78, 5) is 15.5. The molecule has 0 fully saturated rings. The molecule has 0 aliphatic heterocycles. The van der Waals surface area contributed by atoms with E-state index in [2.05, 4.69) is 38.6 Å². The molecule has 0 aliphatic rings. The third-order valence-electron chi connectivity index (χ3n) is 3.03. The molecule has 0 atom stereocenters. The lowest BCUT2D eigenvalue weighted by Crippen LogP contribution is -2.06. The van der Waals surface area contributed by atoms with E-state index in [1.807, 2.05) is 25.3 Å². The van der Waals surface area contributed by atoms with Crippen LogP contribution in [0.15, 0.2) is 30.6 Å². The Kier molecular flexibility index (Phi) is 3.96. The Hall–Kier alpha value is -2.21. The molecular weight excluding hydrogens is 282 g/mol. The Morgan fingerprint density at radius 1 is 1.24 bits per heavy atom. The SMILES string of the molecule is CCNc1nc(NCc2cccnc2)c2cc(C)sc2n1. The molecule has 3 heterocycles. The van der Waals surface area contributed by atoms with Gasteiger partial charge in [0, 0.05) is 30.4 Å². The standard InChI is InChI=1S/C15H17N5S/c1-3-17-15-19-13(12-7-10(2)21-14(12)20-15)18-9-11-5-4-6-16-8-11/h4-8H,3,9H2,1-2H3,(H2,17,18,19,20). The molecule has 0 amide bonds. The van der Waals surface area contributed by atoms with Gasteiger partial charge in [0.05, 0.1) is 5.39 Å². The molecule has 21 heavy (non-hydrogen) atoms. The molecule has 0 radical (unpaired) electrons. The van der Waals surface area contributed by atoms with Gasteiger partial charge in [0.1, 0.15) is 10.6 Å². The van der Waals surface area contributed by atoms with Crippen molar-refractivity contribution in [1.29, 1.82) is 0 Å². The molecule has 3 aromatic rings. The van der Waals surface area contributed by atoms with E-state index in [1.54, 1.807) is 17.5 Å². The lowest BCUT2D eigenvalue weighted by Gasteiger charge is -2.09. The second-order valence-electron chi connectivity index (χ2n) is 4.72. The van der Waals surface area contributed by atoms with Crippen LogP contribution in [-0.4, -0.2) is 21.5 Å². The summed E-state index contributed by atoms with van der Waals surface area (Å²) in [6.45, 7) is 5.62. The predicted octanol–water partition coefficient (Wildman–Crippen LogP) is 3.44. The average molecular weight is 299 g/mol. The topological polar surface area (TPSA) is 62.7 Å². The minimum Gasteiger partial charge on any atom is -0.365 e. The molecule has 0 saturated heterocycles. The van der Waals surface area contributed by atoms with Gasteiger partial charge in [-0.3, -0.25) is 4.98 Å². The second kappa shape index (κ2) is 6.05. The van der Waals surface area contributed by atoms with Gasteiger partial charge in [-0.2, -0.15) is 4.98 Å². The molecule has 0 aliphatic carbocycles. The van der Waals surface area contributed by atoms with E-state index in [0.717, 1.165) is 28.1 Å². The van der Waals surface area contributed by atoms with Crippen molar-refractivity contribution in [3.63, 3.8) is 0 Å². The van der Waals surface area contributed by atoms with E-state index in [-0.39, 0.29) is 0 Å². The maximum Gasteiger partial charge on any atom is 0.226 e. The van der Waals surface area contributed by atoms with Gasteiger partial charge < -0.3 is 10.6 Å². The van der Waals surface area contributed by atoms with Crippen LogP contribution in [0, 0.1) is 6.92 Å². The van der Waals surface area contributed by atoms with E-state index in [4.69, 9.17) is 0 Å². The lowest BCUT2D eigenvalue weighted by molar-refractivity contribution is 1.07. The van der Waals surface area contributed by atoms with Crippen molar-refractivity contribution < 1.29 is 0 Å². The zero-order chi connectivity index (χ0) is 14.7. The number of aryl methyl sites for hydroxylation is 1. The number of anilines is 2. The number of fused-ring (bicyclic) bond motifs is 1. The molecule has 0 aromatic carbocycles. The Balaban J connectivity index is 1.91. The summed E-state index contributed by atoms with van der Waals surface area (Å²) in [5.74, 6) is 1.53. The van der Waals surface area contributed by atoms with Gasteiger partial charge in [-0.05, 0) is 31.5 Å². The van der Waals surface area contributed by atoms with Gasteiger partial charge in [0.15, 0.2) is 0 Å². The molecule has 0 spiro atoms. The number of hydrogen-bond donors (Lipinski definition) is 2. The van der Waals surface area contributed by atoms with Crippen molar-refractivity contribution in [2.24, 2.45) is 0 Å². The van der Waals surface area contributed by atoms with Crippen LogP contribution >= 0.6 is 11.3 Å². The molecule has 3 aromatic heterocycles. The van der Waals surface area contributed by atoms with Crippen molar-refractivity contribution in [1.82, 2.24) is 15.0 Å². The first-order valence-corrected chi connectivity index (χ1v) is 7.72. The fourth-order valence-electron chi connectivity index (χ4n) is 2.10. The maximum absolute atomic E-state index is 4.57. The molecule has 2 N–H and O–H groups in total. The maximum atomic E-state index is 4.57. The van der Waals surface area contributed by atoms with Crippen molar-refractivity contribution in [2.75, 3.05) is 17.2 Å². The summed E-state index contributed by atoms with van der Waals surface area (Å²) in [5, 5.41) is 7.64. The van der Waals surface area contributed by atoms with Crippen LogP contribution < -0.4 is 10.6 Å². The molecular formula is C15H17N5S. The Morgan fingerprint density at radius 3 is 2.90 bits per heavy atom. The highest BCUT2D eigenvalue weighted by Gasteiger charge is 2.10. The molecule has 108 valence electrons. The Bertz CT molecular complexity index is 738. The van der Waals surface area contributed by atoms with Gasteiger partial charge in [-0.15, -0.1) is 11.3 Å². The minimum atomic E-state index is 0.667. The zero-order valence-electron chi connectivity index (χ0n) is 12.1. The van der Waals surface area contributed by atoms with Crippen LogP contribution in [0.25, 0.3) is 10.2 Å². The highest BCUT2D eigenvalue weighted by molar-refractivity contribution is 7.18. The van der Waals surface area contributed by atoms with Crippen LogP contribution in [-0.2, 0) is 6.54 Å². The highest BCUT2D eigenvalue weighted by atomic mass is 32.1. The van der Waals surface area contributed by atoms with Crippen LogP contribution in [0.2, 0.25) is 0 Å². The largest absolute Gasteiger partial charge is 0.365 e. The molecule has 0 unspecified atom stereocenters. The van der Waals surface area contributed by atoms with Gasteiger partial charge in [-0.1, -0.05) is 6.07 Å². The normalized spacial score (nSPS) is 10.8. The first-order chi connectivity index (χ1) is 10.3. The van der Waals surface area contributed by atoms with Crippen LogP contribution in [0.1, 0.15) is 17.4 Å². The van der Waals surface area contributed by atoms with Crippen LogP contribution in [0.3, 0.4) is 0 Å². The summed E-state index contributed by atoms with van der Waals surface area (Å²) in [6, 6.07) is 6.11. The minimum absolute atomic E-state index is 0.667. The van der Waals surface area contributed by atoms with E-state index in [0.29, 0.717) is 12.5 Å². The number of rotatable bonds is 5. The van der Waals surface area contributed by atoms with E-state index >= 15 is 0 Å². The average Bonchev–Trinajstić information content (AvgIpc) is 2.86. The van der Waals surface area contributed by atoms with E-state index in [9.17, 15) is 0 Å². The Morgan fingerprint density at radius 2 is 2.14 bits per heavy atom. The van der Waals surface area contributed by atoms with Gasteiger partial charge in [0.2, 0.25) is 5.95 Å². The number of pyridine rings is 1. The molecule has 0 saturated carbocycles. The zero-order valence-corrected chi connectivity index (χ0v) is 12.9. The summed E-state index contributed by atoms with van der Waals surface area (Å²) >= 11 is 1.68. The lowest BCUT2D eigenvalue weighted by atomic mass is 10.3.